The summed E-state index contributed by atoms with van der Waals surface area (Å²) in [7, 11) is 0. The molecule has 1 aromatic carbocycles. The molecule has 0 spiro atoms. The van der Waals surface area contributed by atoms with Crippen LogP contribution in [0.5, 0.6) is 0 Å². The lowest BCUT2D eigenvalue weighted by Crippen LogP contribution is -2.37. The van der Waals surface area contributed by atoms with E-state index >= 15 is 0 Å². The van der Waals surface area contributed by atoms with Gasteiger partial charge in [-0.1, -0.05) is 12.1 Å². The Morgan fingerprint density at radius 1 is 1.24 bits per heavy atom. The second-order valence-corrected chi connectivity index (χ2v) is 5.56. The van der Waals surface area contributed by atoms with Crippen molar-refractivity contribution in [3.63, 3.8) is 0 Å². The number of carbonyl (C=O) groups is 1. The predicted molar refractivity (Wildman–Crippen MR) is 77.5 cm³/mol. The number of hydrogen-bond donors (Lipinski definition) is 1. The van der Waals surface area contributed by atoms with Crippen LogP contribution in [0.2, 0.25) is 0 Å². The van der Waals surface area contributed by atoms with Gasteiger partial charge in [-0.15, -0.1) is 0 Å². The monoisotopic (exact) mass is 286 g/mol. The largest absolute Gasteiger partial charge is 0.457 e. The van der Waals surface area contributed by atoms with Crippen LogP contribution in [-0.2, 0) is 16.1 Å². The van der Waals surface area contributed by atoms with E-state index in [9.17, 15) is 9.90 Å². The van der Waals surface area contributed by atoms with Gasteiger partial charge in [0.2, 0.25) is 0 Å². The highest BCUT2D eigenvalue weighted by atomic mass is 16.5. The topological polar surface area (TPSA) is 72.3 Å². The summed E-state index contributed by atoms with van der Waals surface area (Å²) in [6.07, 6.45) is 2.68. The summed E-state index contributed by atoms with van der Waals surface area (Å²) in [6.45, 7) is 1.89. The third kappa shape index (κ3) is 2.74. The van der Waals surface area contributed by atoms with Crippen LogP contribution in [0.15, 0.2) is 24.3 Å². The van der Waals surface area contributed by atoms with Gasteiger partial charge in [0.05, 0.1) is 22.4 Å². The van der Waals surface area contributed by atoms with Crippen LogP contribution >= 0.6 is 0 Å². The van der Waals surface area contributed by atoms with Crippen molar-refractivity contribution < 1.29 is 14.6 Å². The van der Waals surface area contributed by atoms with E-state index in [4.69, 9.17) is 4.74 Å². The summed E-state index contributed by atoms with van der Waals surface area (Å²) in [4.78, 5) is 20.9. The molecule has 0 aliphatic heterocycles. The Bertz CT molecular complexity index is 678. The predicted octanol–water partition coefficient (Wildman–Crippen LogP) is 2.29. The molecule has 21 heavy (non-hydrogen) atoms. The SMILES string of the molecule is Cc1nc2ccccc2nc1COC(=O)C1(O)CCCC1. The average molecular weight is 286 g/mol. The number of esters is 1. The summed E-state index contributed by atoms with van der Waals surface area (Å²) in [5.74, 6) is -0.547. The van der Waals surface area contributed by atoms with E-state index in [0.29, 0.717) is 18.5 Å². The molecule has 1 aliphatic rings. The highest BCUT2D eigenvalue weighted by Gasteiger charge is 2.40. The summed E-state index contributed by atoms with van der Waals surface area (Å²) in [5, 5.41) is 10.2. The van der Waals surface area contributed by atoms with Crippen LogP contribution in [0.4, 0.5) is 0 Å². The molecule has 3 rings (SSSR count). The Morgan fingerprint density at radius 2 is 1.86 bits per heavy atom. The lowest BCUT2D eigenvalue weighted by Gasteiger charge is -2.19. The van der Waals surface area contributed by atoms with E-state index in [2.05, 4.69) is 9.97 Å². The van der Waals surface area contributed by atoms with Crippen molar-refractivity contribution >= 4 is 17.0 Å². The third-order valence-electron chi connectivity index (χ3n) is 3.99. The zero-order valence-corrected chi connectivity index (χ0v) is 12.0. The van der Waals surface area contributed by atoms with Gasteiger partial charge < -0.3 is 9.84 Å². The minimum Gasteiger partial charge on any atom is -0.457 e. The van der Waals surface area contributed by atoms with Crippen molar-refractivity contribution in [3.05, 3.63) is 35.7 Å². The Morgan fingerprint density at radius 3 is 2.52 bits per heavy atom. The number of para-hydroxylation sites is 2. The summed E-state index contributed by atoms with van der Waals surface area (Å²) in [5.41, 5.74) is 1.65. The van der Waals surface area contributed by atoms with Crippen LogP contribution < -0.4 is 0 Å². The van der Waals surface area contributed by atoms with E-state index < -0.39 is 11.6 Å². The highest BCUT2D eigenvalue weighted by Crippen LogP contribution is 2.30. The minimum absolute atomic E-state index is 0.0464. The fourth-order valence-electron chi connectivity index (χ4n) is 2.69. The molecular formula is C16H18N2O3. The molecule has 1 aliphatic carbocycles. The number of aromatic nitrogens is 2. The number of benzene rings is 1. The standard InChI is InChI=1S/C16H18N2O3/c1-11-14(18-13-7-3-2-6-12(13)17-11)10-21-15(19)16(20)8-4-5-9-16/h2-3,6-7,20H,4-5,8-10H2,1H3. The number of nitrogens with zero attached hydrogens (tertiary/aromatic N) is 2. The fraction of sp³-hybridized carbons (Fsp3) is 0.438. The van der Waals surface area contributed by atoms with Gasteiger partial charge >= 0.3 is 5.97 Å². The van der Waals surface area contributed by atoms with Crippen molar-refractivity contribution in [3.8, 4) is 0 Å². The average Bonchev–Trinajstić information content (AvgIpc) is 2.93. The van der Waals surface area contributed by atoms with Crippen molar-refractivity contribution in [1.82, 2.24) is 9.97 Å². The van der Waals surface area contributed by atoms with Crippen molar-refractivity contribution in [2.75, 3.05) is 0 Å². The first-order valence-corrected chi connectivity index (χ1v) is 7.20. The van der Waals surface area contributed by atoms with E-state index in [1.807, 2.05) is 31.2 Å². The number of aryl methyl sites for hydroxylation is 1. The number of rotatable bonds is 3. The molecule has 0 amide bonds. The molecule has 1 N–H and O–H groups in total. The summed E-state index contributed by atoms with van der Waals surface area (Å²) in [6, 6.07) is 7.57. The molecule has 0 bridgehead atoms. The van der Waals surface area contributed by atoms with E-state index in [1.165, 1.54) is 0 Å². The lowest BCUT2D eigenvalue weighted by molar-refractivity contribution is -0.166. The molecule has 5 nitrogen and oxygen atoms in total. The van der Waals surface area contributed by atoms with Crippen molar-refractivity contribution in [1.29, 1.82) is 0 Å². The first kappa shape index (κ1) is 13.9. The molecule has 0 unspecified atom stereocenters. The van der Waals surface area contributed by atoms with Crippen LogP contribution in [-0.4, -0.2) is 26.6 Å². The molecular weight excluding hydrogens is 268 g/mol. The Hall–Kier alpha value is -2.01. The van der Waals surface area contributed by atoms with Gasteiger partial charge in [0.15, 0.2) is 5.60 Å². The smallest absolute Gasteiger partial charge is 0.338 e. The van der Waals surface area contributed by atoms with Gasteiger partial charge in [0, 0.05) is 0 Å². The number of hydrogen-bond acceptors (Lipinski definition) is 5. The van der Waals surface area contributed by atoms with E-state index in [0.717, 1.165) is 29.6 Å². The molecule has 5 heteroatoms. The molecule has 0 saturated heterocycles. The quantitative estimate of drug-likeness (QED) is 0.876. The molecule has 0 atom stereocenters. The van der Waals surface area contributed by atoms with Crippen LogP contribution in [0, 0.1) is 6.92 Å². The Kier molecular flexibility index (Phi) is 3.59. The normalized spacial score (nSPS) is 17.0. The maximum atomic E-state index is 12.0. The summed E-state index contributed by atoms with van der Waals surface area (Å²) >= 11 is 0. The van der Waals surface area contributed by atoms with Crippen molar-refractivity contribution in [2.45, 2.75) is 44.8 Å². The Balaban J connectivity index is 1.76. The van der Waals surface area contributed by atoms with E-state index in [-0.39, 0.29) is 6.61 Å². The number of ether oxygens (including phenoxy) is 1. The maximum absolute atomic E-state index is 12.0. The number of aliphatic hydroxyl groups is 1. The fourth-order valence-corrected chi connectivity index (χ4v) is 2.69. The van der Waals surface area contributed by atoms with Gasteiger partial charge in [-0.2, -0.15) is 0 Å². The first-order chi connectivity index (χ1) is 10.1. The molecule has 2 aromatic rings. The van der Waals surface area contributed by atoms with E-state index in [1.54, 1.807) is 0 Å². The van der Waals surface area contributed by atoms with Gasteiger partial charge in [0.1, 0.15) is 6.61 Å². The van der Waals surface area contributed by atoms with Crippen LogP contribution in [0.3, 0.4) is 0 Å². The Labute approximate surface area is 123 Å². The zero-order chi connectivity index (χ0) is 14.9. The van der Waals surface area contributed by atoms with Gasteiger partial charge in [-0.3, -0.25) is 0 Å². The molecule has 1 fully saturated rings. The highest BCUT2D eigenvalue weighted by molar-refractivity contribution is 5.79. The first-order valence-electron chi connectivity index (χ1n) is 7.20. The number of fused-ring (bicyclic) bond motifs is 1. The molecule has 1 saturated carbocycles. The van der Waals surface area contributed by atoms with Gasteiger partial charge in [-0.05, 0) is 44.7 Å². The second-order valence-electron chi connectivity index (χ2n) is 5.56. The lowest BCUT2D eigenvalue weighted by atomic mass is 10.0. The van der Waals surface area contributed by atoms with Crippen LogP contribution in [0.1, 0.15) is 37.1 Å². The maximum Gasteiger partial charge on any atom is 0.338 e. The van der Waals surface area contributed by atoms with Gasteiger partial charge in [-0.25, -0.2) is 14.8 Å². The second kappa shape index (κ2) is 5.41. The molecule has 1 aromatic heterocycles. The minimum atomic E-state index is -1.31. The van der Waals surface area contributed by atoms with Crippen molar-refractivity contribution in [2.24, 2.45) is 0 Å². The molecule has 1 heterocycles. The number of carbonyl (C=O) groups excluding carboxylic acids is 1. The molecule has 0 radical (unpaired) electrons. The zero-order valence-electron chi connectivity index (χ0n) is 12.0. The van der Waals surface area contributed by atoms with Crippen LogP contribution in [0.25, 0.3) is 11.0 Å². The summed E-state index contributed by atoms with van der Waals surface area (Å²) < 4.78 is 5.25. The third-order valence-corrected chi connectivity index (χ3v) is 3.99. The van der Waals surface area contributed by atoms with Gasteiger partial charge in [0.25, 0.3) is 0 Å². The molecule has 110 valence electrons.